The number of benzene rings is 1. The highest BCUT2D eigenvalue weighted by Crippen LogP contribution is 2.10. The van der Waals surface area contributed by atoms with E-state index in [1.54, 1.807) is 7.05 Å². The summed E-state index contributed by atoms with van der Waals surface area (Å²) in [6, 6.07) is 3.62. The number of rotatable bonds is 4. The molecule has 2 N–H and O–H groups in total. The van der Waals surface area contributed by atoms with Crippen molar-refractivity contribution in [3.63, 3.8) is 0 Å². The molecule has 0 atom stereocenters. The van der Waals surface area contributed by atoms with Gasteiger partial charge in [-0.05, 0) is 24.1 Å². The van der Waals surface area contributed by atoms with Crippen LogP contribution in [0.3, 0.4) is 0 Å². The molecule has 0 aliphatic heterocycles. The van der Waals surface area contributed by atoms with Crippen molar-refractivity contribution in [2.75, 3.05) is 7.05 Å². The Morgan fingerprint density at radius 2 is 2.07 bits per heavy atom. The lowest BCUT2D eigenvalue weighted by atomic mass is 10.1. The molecule has 1 aromatic carbocycles. The van der Waals surface area contributed by atoms with Gasteiger partial charge in [-0.2, -0.15) is 0 Å². The van der Waals surface area contributed by atoms with Gasteiger partial charge in [-0.1, -0.05) is 6.07 Å². The van der Waals surface area contributed by atoms with E-state index in [0.717, 1.165) is 12.1 Å². The van der Waals surface area contributed by atoms with Gasteiger partial charge in [0, 0.05) is 13.5 Å². The second-order valence-corrected chi connectivity index (χ2v) is 3.05. The average molecular weight is 214 g/mol. The predicted molar refractivity (Wildman–Crippen MR) is 51.9 cm³/mol. The van der Waals surface area contributed by atoms with Crippen LogP contribution in [-0.2, 0) is 11.2 Å². The highest BCUT2D eigenvalue weighted by Gasteiger charge is 2.04. The fourth-order valence-electron chi connectivity index (χ4n) is 1.15. The second-order valence-electron chi connectivity index (χ2n) is 3.05. The monoisotopic (exact) mass is 214 g/mol. The van der Waals surface area contributed by atoms with Gasteiger partial charge in [-0.3, -0.25) is 10.2 Å². The maximum absolute atomic E-state index is 12.8. The summed E-state index contributed by atoms with van der Waals surface area (Å²) in [5.74, 6) is -1.96. The first kappa shape index (κ1) is 11.6. The van der Waals surface area contributed by atoms with Crippen molar-refractivity contribution in [3.8, 4) is 0 Å². The van der Waals surface area contributed by atoms with E-state index in [9.17, 15) is 13.6 Å². The summed E-state index contributed by atoms with van der Waals surface area (Å²) in [7, 11) is 1.58. The van der Waals surface area contributed by atoms with Crippen LogP contribution in [0, 0.1) is 11.6 Å². The van der Waals surface area contributed by atoms with Gasteiger partial charge in [0.2, 0.25) is 5.91 Å². The van der Waals surface area contributed by atoms with E-state index in [1.165, 1.54) is 6.07 Å². The summed E-state index contributed by atoms with van der Waals surface area (Å²) in [5.41, 5.74) is 5.47. The Balaban J connectivity index is 2.51. The molecule has 0 fully saturated rings. The van der Waals surface area contributed by atoms with Crippen LogP contribution in [0.5, 0.6) is 0 Å². The van der Waals surface area contributed by atoms with Crippen molar-refractivity contribution in [1.29, 1.82) is 0 Å². The van der Waals surface area contributed by atoms with Crippen LogP contribution in [-0.4, -0.2) is 13.0 Å². The maximum atomic E-state index is 12.8. The largest absolute Gasteiger partial charge is 0.292 e. The van der Waals surface area contributed by atoms with Crippen LogP contribution >= 0.6 is 0 Å². The Morgan fingerprint density at radius 3 is 2.67 bits per heavy atom. The molecule has 0 bridgehead atoms. The zero-order valence-electron chi connectivity index (χ0n) is 8.31. The van der Waals surface area contributed by atoms with Gasteiger partial charge >= 0.3 is 0 Å². The molecule has 0 saturated heterocycles. The zero-order valence-corrected chi connectivity index (χ0v) is 8.31. The van der Waals surface area contributed by atoms with Gasteiger partial charge < -0.3 is 0 Å². The molecule has 1 rings (SSSR count). The van der Waals surface area contributed by atoms with Crippen molar-refractivity contribution in [2.45, 2.75) is 12.8 Å². The smallest absolute Gasteiger partial charge is 0.234 e. The number of nitrogens with one attached hydrogen (secondary N) is 2. The van der Waals surface area contributed by atoms with Crippen LogP contribution in [0.15, 0.2) is 18.2 Å². The van der Waals surface area contributed by atoms with E-state index in [-0.39, 0.29) is 12.3 Å². The molecule has 15 heavy (non-hydrogen) atoms. The average Bonchev–Trinajstić information content (AvgIpc) is 2.20. The van der Waals surface area contributed by atoms with Crippen molar-refractivity contribution in [3.05, 3.63) is 35.4 Å². The maximum Gasteiger partial charge on any atom is 0.234 e. The molecule has 0 aliphatic rings. The number of hydrazine groups is 1. The lowest BCUT2D eigenvalue weighted by molar-refractivity contribution is -0.121. The first-order chi connectivity index (χ1) is 7.13. The Hall–Kier alpha value is -1.49. The minimum Gasteiger partial charge on any atom is -0.292 e. The predicted octanol–water partition coefficient (Wildman–Crippen LogP) is 1.15. The Kier molecular flexibility index (Phi) is 4.17. The molecule has 1 amide bonds. The SMILES string of the molecule is CNNC(=O)CCc1ccc(F)c(F)c1. The Labute approximate surface area is 86.5 Å². The topological polar surface area (TPSA) is 41.1 Å². The standard InChI is InChI=1S/C10H12F2N2O/c1-13-14-10(15)5-3-7-2-4-8(11)9(12)6-7/h2,4,6,13H,3,5H2,1H3,(H,14,15). The van der Waals surface area contributed by atoms with Crippen molar-refractivity contribution < 1.29 is 13.6 Å². The van der Waals surface area contributed by atoms with Crippen LogP contribution < -0.4 is 10.9 Å². The molecule has 82 valence electrons. The van der Waals surface area contributed by atoms with E-state index >= 15 is 0 Å². The molecular formula is C10H12F2N2O. The number of aryl methyl sites for hydroxylation is 1. The molecule has 0 aromatic heterocycles. The van der Waals surface area contributed by atoms with E-state index in [0.29, 0.717) is 12.0 Å². The second kappa shape index (κ2) is 5.41. The third-order valence-corrected chi connectivity index (χ3v) is 1.89. The molecule has 0 aliphatic carbocycles. The molecule has 0 radical (unpaired) electrons. The van der Waals surface area contributed by atoms with E-state index < -0.39 is 11.6 Å². The molecule has 0 spiro atoms. The fraction of sp³-hybridized carbons (Fsp3) is 0.300. The minimum atomic E-state index is -0.887. The van der Waals surface area contributed by atoms with Gasteiger partial charge in [0.1, 0.15) is 0 Å². The molecular weight excluding hydrogens is 202 g/mol. The summed E-state index contributed by atoms with van der Waals surface area (Å²) in [6.07, 6.45) is 0.608. The molecule has 5 heteroatoms. The number of carbonyl (C=O) groups is 1. The molecule has 0 unspecified atom stereocenters. The number of hydrogen-bond acceptors (Lipinski definition) is 2. The van der Waals surface area contributed by atoms with Gasteiger partial charge in [0.25, 0.3) is 0 Å². The third-order valence-electron chi connectivity index (χ3n) is 1.89. The lowest BCUT2D eigenvalue weighted by Gasteiger charge is -2.03. The highest BCUT2D eigenvalue weighted by atomic mass is 19.2. The third kappa shape index (κ3) is 3.63. The van der Waals surface area contributed by atoms with Crippen LogP contribution in [0.1, 0.15) is 12.0 Å². The summed E-state index contributed by atoms with van der Waals surface area (Å²) >= 11 is 0. The minimum absolute atomic E-state index is 0.192. The van der Waals surface area contributed by atoms with Crippen molar-refractivity contribution in [1.82, 2.24) is 10.9 Å². The van der Waals surface area contributed by atoms with Crippen LogP contribution in [0.4, 0.5) is 8.78 Å². The summed E-state index contributed by atoms with van der Waals surface area (Å²) in [5, 5.41) is 0. The van der Waals surface area contributed by atoms with Gasteiger partial charge in [-0.15, -0.1) is 0 Å². The summed E-state index contributed by atoms with van der Waals surface area (Å²) in [4.78, 5) is 11.0. The van der Waals surface area contributed by atoms with E-state index in [1.807, 2.05) is 0 Å². The summed E-state index contributed by atoms with van der Waals surface area (Å²) < 4.78 is 25.3. The van der Waals surface area contributed by atoms with Gasteiger partial charge in [0.05, 0.1) is 0 Å². The normalized spacial score (nSPS) is 10.1. The van der Waals surface area contributed by atoms with Crippen molar-refractivity contribution >= 4 is 5.91 Å². The quantitative estimate of drug-likeness (QED) is 0.738. The van der Waals surface area contributed by atoms with Gasteiger partial charge in [0.15, 0.2) is 11.6 Å². The number of halogens is 2. The molecule has 0 heterocycles. The van der Waals surface area contributed by atoms with E-state index in [4.69, 9.17) is 0 Å². The highest BCUT2D eigenvalue weighted by molar-refractivity contribution is 5.75. The Morgan fingerprint density at radius 1 is 1.33 bits per heavy atom. The fourth-order valence-corrected chi connectivity index (χ4v) is 1.15. The summed E-state index contributed by atoms with van der Waals surface area (Å²) in [6.45, 7) is 0. The number of carbonyl (C=O) groups excluding carboxylic acids is 1. The lowest BCUT2D eigenvalue weighted by Crippen LogP contribution is -2.34. The van der Waals surface area contributed by atoms with Crippen LogP contribution in [0.25, 0.3) is 0 Å². The molecule has 3 nitrogen and oxygen atoms in total. The molecule has 0 saturated carbocycles. The first-order valence-electron chi connectivity index (χ1n) is 4.53. The Bertz CT molecular complexity index is 355. The van der Waals surface area contributed by atoms with Gasteiger partial charge in [-0.25, -0.2) is 14.2 Å². The molecule has 1 aromatic rings. The van der Waals surface area contributed by atoms with E-state index in [2.05, 4.69) is 10.9 Å². The van der Waals surface area contributed by atoms with Crippen LogP contribution in [0.2, 0.25) is 0 Å². The number of amides is 1. The zero-order chi connectivity index (χ0) is 11.3. The van der Waals surface area contributed by atoms with Crippen molar-refractivity contribution in [2.24, 2.45) is 0 Å². The first-order valence-corrected chi connectivity index (χ1v) is 4.53. The number of hydrogen-bond donors (Lipinski definition) is 2.